The first-order valence-corrected chi connectivity index (χ1v) is 8.99. The number of amides is 1. The zero-order valence-corrected chi connectivity index (χ0v) is 16.0. The number of carbonyl (C=O) groups excluding carboxylic acids is 1. The van der Waals surface area contributed by atoms with Crippen LogP contribution in [0.3, 0.4) is 0 Å². The number of benzene rings is 1. The van der Waals surface area contributed by atoms with Crippen LogP contribution in [-0.2, 0) is 4.74 Å². The van der Waals surface area contributed by atoms with E-state index in [2.05, 4.69) is 15.4 Å². The number of aromatic nitrogens is 4. The second kappa shape index (κ2) is 6.84. The maximum atomic E-state index is 12.0. The summed E-state index contributed by atoms with van der Waals surface area (Å²) in [7, 11) is 0. The van der Waals surface area contributed by atoms with Crippen molar-refractivity contribution in [2.45, 2.75) is 26.4 Å². The third kappa shape index (κ3) is 3.73. The van der Waals surface area contributed by atoms with Gasteiger partial charge in [-0.25, -0.2) is 14.3 Å². The summed E-state index contributed by atoms with van der Waals surface area (Å²) in [6, 6.07) is 17.5. The van der Waals surface area contributed by atoms with Gasteiger partial charge in [0.1, 0.15) is 5.60 Å². The Morgan fingerprint density at radius 3 is 2.57 bits per heavy atom. The fourth-order valence-electron chi connectivity index (χ4n) is 2.86. The molecule has 28 heavy (non-hydrogen) atoms. The molecule has 0 aliphatic carbocycles. The van der Waals surface area contributed by atoms with E-state index in [4.69, 9.17) is 4.74 Å². The summed E-state index contributed by atoms with van der Waals surface area (Å²) in [6.07, 6.45) is 3.18. The Balaban J connectivity index is 1.63. The van der Waals surface area contributed by atoms with Gasteiger partial charge in [-0.2, -0.15) is 0 Å². The van der Waals surface area contributed by atoms with Crippen LogP contribution in [-0.4, -0.2) is 30.9 Å². The van der Waals surface area contributed by atoms with Crippen molar-refractivity contribution in [2.75, 3.05) is 5.32 Å². The van der Waals surface area contributed by atoms with Crippen molar-refractivity contribution in [3.63, 3.8) is 0 Å². The van der Waals surface area contributed by atoms with Crippen LogP contribution >= 0.6 is 0 Å². The first kappa shape index (κ1) is 17.8. The van der Waals surface area contributed by atoms with Gasteiger partial charge in [0.15, 0.2) is 11.5 Å². The van der Waals surface area contributed by atoms with E-state index in [0.29, 0.717) is 17.2 Å². The van der Waals surface area contributed by atoms with E-state index in [1.807, 2.05) is 74.0 Å². The fraction of sp³-hybridized carbons (Fsp3) is 0.190. The van der Waals surface area contributed by atoms with Gasteiger partial charge in [-0.05, 0) is 57.2 Å². The number of carbonyl (C=O) groups is 1. The molecule has 3 heterocycles. The highest BCUT2D eigenvalue weighted by molar-refractivity contribution is 5.84. The molecular weight excluding hydrogens is 354 g/mol. The highest BCUT2D eigenvalue weighted by Crippen LogP contribution is 2.22. The van der Waals surface area contributed by atoms with Crippen molar-refractivity contribution in [1.82, 2.24) is 19.2 Å². The molecule has 4 aromatic rings. The molecule has 142 valence electrons. The first-order chi connectivity index (χ1) is 13.4. The van der Waals surface area contributed by atoms with Gasteiger partial charge < -0.3 is 9.30 Å². The largest absolute Gasteiger partial charge is 0.444 e. The number of rotatable bonds is 3. The monoisotopic (exact) mass is 375 g/mol. The van der Waals surface area contributed by atoms with Gasteiger partial charge in [-0.15, -0.1) is 5.10 Å². The lowest BCUT2D eigenvalue weighted by atomic mass is 10.2. The Kier molecular flexibility index (Phi) is 4.35. The highest BCUT2D eigenvalue weighted by atomic mass is 16.6. The van der Waals surface area contributed by atoms with Crippen molar-refractivity contribution in [2.24, 2.45) is 0 Å². The number of hydrogen-bond donors (Lipinski definition) is 1. The lowest BCUT2D eigenvalue weighted by Crippen LogP contribution is -2.27. The molecule has 0 bridgehead atoms. The number of nitrogens with zero attached hydrogens (tertiary/aromatic N) is 4. The standard InChI is InChI=1S/C21H21N5O2/c1-21(2,3)28-20(27)22-15-11-12-18-23-19(24-26(18)14-15)17-10-7-13-25(17)16-8-5-4-6-9-16/h4-14H,1-3H3,(H,22,27). The number of nitrogens with one attached hydrogen (secondary N) is 1. The van der Waals surface area contributed by atoms with Crippen LogP contribution in [0.25, 0.3) is 22.9 Å². The van der Waals surface area contributed by atoms with Crippen LogP contribution in [0.1, 0.15) is 20.8 Å². The second-order valence-electron chi connectivity index (χ2n) is 7.38. The van der Waals surface area contributed by atoms with Gasteiger partial charge in [-0.3, -0.25) is 5.32 Å². The smallest absolute Gasteiger partial charge is 0.412 e. The van der Waals surface area contributed by atoms with E-state index in [1.54, 1.807) is 22.8 Å². The molecule has 1 amide bonds. The van der Waals surface area contributed by atoms with E-state index >= 15 is 0 Å². The number of ether oxygens (including phenoxy) is 1. The number of fused-ring (bicyclic) bond motifs is 1. The number of pyridine rings is 1. The third-order valence-corrected chi connectivity index (χ3v) is 3.99. The normalized spacial score (nSPS) is 11.5. The summed E-state index contributed by atoms with van der Waals surface area (Å²) in [5, 5.41) is 7.29. The van der Waals surface area contributed by atoms with Crippen molar-refractivity contribution in [1.29, 1.82) is 0 Å². The van der Waals surface area contributed by atoms with Crippen LogP contribution < -0.4 is 5.32 Å². The van der Waals surface area contributed by atoms with Crippen LogP contribution in [0.5, 0.6) is 0 Å². The van der Waals surface area contributed by atoms with Gasteiger partial charge in [0, 0.05) is 11.9 Å². The minimum absolute atomic E-state index is 0.509. The summed E-state index contributed by atoms with van der Waals surface area (Å²) in [5.74, 6) is 0.600. The van der Waals surface area contributed by atoms with Crippen LogP contribution in [0, 0.1) is 0 Å². The lowest BCUT2D eigenvalue weighted by Gasteiger charge is -2.19. The molecule has 0 saturated carbocycles. The van der Waals surface area contributed by atoms with Crippen molar-refractivity contribution in [3.8, 4) is 17.2 Å². The van der Waals surface area contributed by atoms with Gasteiger partial charge in [0.2, 0.25) is 0 Å². The molecule has 0 saturated heterocycles. The van der Waals surface area contributed by atoms with Gasteiger partial charge in [0.25, 0.3) is 0 Å². The number of hydrogen-bond acceptors (Lipinski definition) is 4. The van der Waals surface area contributed by atoms with Crippen molar-refractivity contribution < 1.29 is 9.53 Å². The van der Waals surface area contributed by atoms with Crippen molar-refractivity contribution in [3.05, 3.63) is 67.0 Å². The van der Waals surface area contributed by atoms with Crippen LogP contribution in [0.2, 0.25) is 0 Å². The molecule has 0 aliphatic rings. The van der Waals surface area contributed by atoms with Crippen LogP contribution in [0.4, 0.5) is 10.5 Å². The number of para-hydroxylation sites is 1. The average Bonchev–Trinajstić information content (AvgIpc) is 3.27. The van der Waals surface area contributed by atoms with Gasteiger partial charge >= 0.3 is 6.09 Å². The Labute approximate surface area is 162 Å². The molecule has 0 unspecified atom stereocenters. The van der Waals surface area contributed by atoms with E-state index in [0.717, 1.165) is 11.4 Å². The third-order valence-electron chi connectivity index (χ3n) is 3.99. The molecule has 1 aromatic carbocycles. The van der Waals surface area contributed by atoms with Gasteiger partial charge in [0.05, 0.1) is 17.6 Å². The maximum absolute atomic E-state index is 12.0. The summed E-state index contributed by atoms with van der Waals surface area (Å²) in [6.45, 7) is 5.46. The lowest BCUT2D eigenvalue weighted by molar-refractivity contribution is 0.0636. The molecule has 0 atom stereocenters. The predicted octanol–water partition coefficient (Wildman–Crippen LogP) is 4.53. The molecular formula is C21H21N5O2. The van der Waals surface area contributed by atoms with E-state index in [9.17, 15) is 4.79 Å². The van der Waals surface area contributed by atoms with Gasteiger partial charge in [-0.1, -0.05) is 18.2 Å². The molecule has 0 radical (unpaired) electrons. The van der Waals surface area contributed by atoms with Crippen molar-refractivity contribution >= 4 is 17.4 Å². The summed E-state index contributed by atoms with van der Waals surface area (Å²) >= 11 is 0. The molecule has 7 heteroatoms. The van der Waals surface area contributed by atoms with Crippen LogP contribution in [0.15, 0.2) is 67.0 Å². The maximum Gasteiger partial charge on any atom is 0.412 e. The zero-order valence-electron chi connectivity index (χ0n) is 16.0. The fourth-order valence-corrected chi connectivity index (χ4v) is 2.86. The molecule has 3 aromatic heterocycles. The molecule has 0 aliphatic heterocycles. The Bertz CT molecular complexity index is 1120. The Morgan fingerprint density at radius 1 is 1.04 bits per heavy atom. The zero-order chi connectivity index (χ0) is 19.7. The number of anilines is 1. The van der Waals surface area contributed by atoms with E-state index < -0.39 is 11.7 Å². The Hall–Kier alpha value is -3.61. The summed E-state index contributed by atoms with van der Waals surface area (Å²) in [5.41, 5.74) is 2.63. The molecule has 0 spiro atoms. The average molecular weight is 375 g/mol. The first-order valence-electron chi connectivity index (χ1n) is 8.99. The predicted molar refractivity (Wildman–Crippen MR) is 108 cm³/mol. The topological polar surface area (TPSA) is 73.4 Å². The van der Waals surface area contributed by atoms with E-state index in [-0.39, 0.29) is 0 Å². The SMILES string of the molecule is CC(C)(C)OC(=O)Nc1ccc2nc(-c3cccn3-c3ccccc3)nn2c1. The minimum atomic E-state index is -0.558. The molecule has 1 N–H and O–H groups in total. The summed E-state index contributed by atoms with van der Waals surface area (Å²) in [4.78, 5) is 16.6. The highest BCUT2D eigenvalue weighted by Gasteiger charge is 2.17. The quantitative estimate of drug-likeness (QED) is 0.571. The molecule has 4 rings (SSSR count). The molecule has 7 nitrogen and oxygen atoms in total. The van der Waals surface area contributed by atoms with E-state index in [1.165, 1.54) is 0 Å². The second-order valence-corrected chi connectivity index (χ2v) is 7.38. The molecule has 0 fully saturated rings. The summed E-state index contributed by atoms with van der Waals surface area (Å²) < 4.78 is 8.96. The Morgan fingerprint density at radius 2 is 1.82 bits per heavy atom. The minimum Gasteiger partial charge on any atom is -0.444 e.